The molecule has 0 spiro atoms. The van der Waals surface area contributed by atoms with Crippen LogP contribution in [0.5, 0.6) is 23.0 Å². The second kappa shape index (κ2) is 9.56. The topological polar surface area (TPSA) is 73.3 Å². The summed E-state index contributed by atoms with van der Waals surface area (Å²) in [4.78, 5) is 4.59. The quantitative estimate of drug-likeness (QED) is 0.422. The fraction of sp³-hybridized carbons (Fsp3) is 0.350. The molecule has 1 aliphatic heterocycles. The number of nitrogens with one attached hydrogen (secondary N) is 2. The first-order valence-corrected chi connectivity index (χ1v) is 8.96. The summed E-state index contributed by atoms with van der Waals surface area (Å²) in [6, 6.07) is 13.4. The van der Waals surface area contributed by atoms with E-state index in [2.05, 4.69) is 15.6 Å². The van der Waals surface area contributed by atoms with Crippen molar-refractivity contribution in [3.8, 4) is 23.0 Å². The molecule has 27 heavy (non-hydrogen) atoms. The van der Waals surface area contributed by atoms with Gasteiger partial charge in [-0.2, -0.15) is 0 Å². The van der Waals surface area contributed by atoms with Crippen molar-refractivity contribution in [2.75, 3.05) is 33.6 Å². The van der Waals surface area contributed by atoms with Crippen LogP contribution in [-0.4, -0.2) is 39.6 Å². The molecule has 0 saturated carbocycles. The van der Waals surface area contributed by atoms with Crippen molar-refractivity contribution in [3.05, 3.63) is 48.0 Å². The third-order valence-electron chi connectivity index (χ3n) is 3.93. The van der Waals surface area contributed by atoms with Crippen molar-refractivity contribution in [1.82, 2.24) is 10.6 Å². The Hall–Kier alpha value is -3.09. The molecule has 7 nitrogen and oxygen atoms in total. The monoisotopic (exact) mass is 371 g/mol. The Balaban J connectivity index is 1.45. The molecule has 0 aromatic heterocycles. The number of ether oxygens (including phenoxy) is 4. The van der Waals surface area contributed by atoms with Crippen LogP contribution in [-0.2, 0) is 6.54 Å². The van der Waals surface area contributed by atoms with Gasteiger partial charge in [0.1, 0.15) is 18.1 Å². The van der Waals surface area contributed by atoms with E-state index in [0.717, 1.165) is 41.1 Å². The lowest BCUT2D eigenvalue weighted by Gasteiger charge is -2.12. The summed E-state index contributed by atoms with van der Waals surface area (Å²) in [7, 11) is 1.66. The summed E-state index contributed by atoms with van der Waals surface area (Å²) in [5.74, 6) is 3.81. The van der Waals surface area contributed by atoms with E-state index < -0.39 is 0 Å². The number of nitrogens with zero attached hydrogens (tertiary/aromatic N) is 1. The molecule has 7 heteroatoms. The molecule has 3 rings (SSSR count). The van der Waals surface area contributed by atoms with E-state index in [1.54, 1.807) is 7.11 Å². The van der Waals surface area contributed by atoms with Crippen LogP contribution in [0.3, 0.4) is 0 Å². The van der Waals surface area contributed by atoms with Crippen LogP contribution in [0.2, 0.25) is 0 Å². The largest absolute Gasteiger partial charge is 0.497 e. The van der Waals surface area contributed by atoms with Crippen molar-refractivity contribution >= 4 is 5.96 Å². The number of benzene rings is 2. The van der Waals surface area contributed by atoms with E-state index in [1.807, 2.05) is 49.4 Å². The van der Waals surface area contributed by atoms with Crippen LogP contribution in [0.25, 0.3) is 0 Å². The van der Waals surface area contributed by atoms with Crippen LogP contribution in [0, 0.1) is 0 Å². The van der Waals surface area contributed by atoms with Crippen molar-refractivity contribution in [3.63, 3.8) is 0 Å². The third-order valence-corrected chi connectivity index (χ3v) is 3.93. The molecule has 144 valence electrons. The predicted molar refractivity (Wildman–Crippen MR) is 104 cm³/mol. The van der Waals surface area contributed by atoms with Crippen molar-refractivity contribution < 1.29 is 18.9 Å². The number of fused-ring (bicyclic) bond motifs is 1. The molecule has 0 amide bonds. The van der Waals surface area contributed by atoms with Gasteiger partial charge in [0.05, 0.1) is 20.2 Å². The molecule has 1 aliphatic rings. The molecule has 2 aromatic carbocycles. The summed E-state index contributed by atoms with van der Waals surface area (Å²) in [5.41, 5.74) is 1.12. The fourth-order valence-corrected chi connectivity index (χ4v) is 2.55. The van der Waals surface area contributed by atoms with E-state index in [0.29, 0.717) is 19.7 Å². The SMILES string of the molecule is CCNC(=NCc1ccc(OC)cc1)NCCOc1ccc2c(c1)OCO2. The Bertz CT molecular complexity index is 762. The van der Waals surface area contributed by atoms with Gasteiger partial charge in [0.2, 0.25) is 6.79 Å². The lowest BCUT2D eigenvalue weighted by atomic mass is 10.2. The second-order valence-electron chi connectivity index (χ2n) is 5.83. The van der Waals surface area contributed by atoms with Gasteiger partial charge in [-0.3, -0.25) is 0 Å². The van der Waals surface area contributed by atoms with Crippen LogP contribution >= 0.6 is 0 Å². The minimum atomic E-state index is 0.261. The minimum absolute atomic E-state index is 0.261. The van der Waals surface area contributed by atoms with E-state index >= 15 is 0 Å². The number of rotatable bonds is 8. The Morgan fingerprint density at radius 2 is 1.81 bits per heavy atom. The van der Waals surface area contributed by atoms with Crippen LogP contribution < -0.4 is 29.6 Å². The average molecular weight is 371 g/mol. The molecule has 2 N–H and O–H groups in total. The van der Waals surface area contributed by atoms with E-state index in [9.17, 15) is 0 Å². The summed E-state index contributed by atoms with van der Waals surface area (Å²) >= 11 is 0. The number of methoxy groups -OCH3 is 1. The van der Waals surface area contributed by atoms with Gasteiger partial charge in [-0.15, -0.1) is 0 Å². The van der Waals surface area contributed by atoms with Gasteiger partial charge in [0.25, 0.3) is 0 Å². The highest BCUT2D eigenvalue weighted by atomic mass is 16.7. The average Bonchev–Trinajstić information content (AvgIpc) is 3.17. The highest BCUT2D eigenvalue weighted by molar-refractivity contribution is 5.79. The molecule has 0 aliphatic carbocycles. The van der Waals surface area contributed by atoms with Crippen molar-refractivity contribution in [2.24, 2.45) is 4.99 Å². The summed E-state index contributed by atoms with van der Waals surface area (Å²) in [5, 5.41) is 6.50. The standard InChI is InChI=1S/C20H25N3O4/c1-3-21-20(23-13-15-4-6-16(24-2)7-5-15)22-10-11-25-17-8-9-18-19(12-17)27-14-26-18/h4-9,12H,3,10-11,13-14H2,1-2H3,(H2,21,22,23). The van der Waals surface area contributed by atoms with Crippen LogP contribution in [0.15, 0.2) is 47.5 Å². The first-order chi connectivity index (χ1) is 13.3. The van der Waals surface area contributed by atoms with Gasteiger partial charge < -0.3 is 29.6 Å². The van der Waals surface area contributed by atoms with Gasteiger partial charge in [0, 0.05) is 12.6 Å². The van der Waals surface area contributed by atoms with E-state index in [1.165, 1.54) is 0 Å². The molecular formula is C20H25N3O4. The third kappa shape index (κ3) is 5.44. The Morgan fingerprint density at radius 1 is 1.04 bits per heavy atom. The summed E-state index contributed by atoms with van der Waals surface area (Å²) in [6.45, 7) is 4.81. The zero-order valence-electron chi connectivity index (χ0n) is 15.7. The van der Waals surface area contributed by atoms with Crippen LogP contribution in [0.4, 0.5) is 0 Å². The van der Waals surface area contributed by atoms with E-state index in [4.69, 9.17) is 18.9 Å². The maximum atomic E-state index is 5.75. The molecule has 2 aromatic rings. The van der Waals surface area contributed by atoms with Gasteiger partial charge in [-0.25, -0.2) is 4.99 Å². The predicted octanol–water partition coefficient (Wildman–Crippen LogP) is 2.56. The maximum absolute atomic E-state index is 5.75. The van der Waals surface area contributed by atoms with Crippen LogP contribution in [0.1, 0.15) is 12.5 Å². The number of guanidine groups is 1. The molecule has 0 atom stereocenters. The molecule has 0 saturated heterocycles. The number of hydrogen-bond acceptors (Lipinski definition) is 5. The number of aliphatic imine (C=N–C) groups is 1. The Labute approximate surface area is 159 Å². The molecule has 0 fully saturated rings. The first kappa shape index (κ1) is 18.7. The normalized spacial score (nSPS) is 12.6. The second-order valence-corrected chi connectivity index (χ2v) is 5.83. The Morgan fingerprint density at radius 3 is 2.59 bits per heavy atom. The molecular weight excluding hydrogens is 346 g/mol. The van der Waals surface area contributed by atoms with Crippen molar-refractivity contribution in [2.45, 2.75) is 13.5 Å². The maximum Gasteiger partial charge on any atom is 0.231 e. The molecule has 0 unspecified atom stereocenters. The number of hydrogen-bond donors (Lipinski definition) is 2. The smallest absolute Gasteiger partial charge is 0.231 e. The lowest BCUT2D eigenvalue weighted by Crippen LogP contribution is -2.39. The van der Waals surface area contributed by atoms with Gasteiger partial charge in [-0.1, -0.05) is 12.1 Å². The highest BCUT2D eigenvalue weighted by Gasteiger charge is 2.13. The minimum Gasteiger partial charge on any atom is -0.497 e. The van der Waals surface area contributed by atoms with Crippen molar-refractivity contribution in [1.29, 1.82) is 0 Å². The highest BCUT2D eigenvalue weighted by Crippen LogP contribution is 2.34. The molecule has 0 radical (unpaired) electrons. The van der Waals surface area contributed by atoms with Gasteiger partial charge in [0.15, 0.2) is 17.5 Å². The Kier molecular flexibility index (Phi) is 6.62. The zero-order chi connectivity index (χ0) is 18.9. The molecule has 1 heterocycles. The van der Waals surface area contributed by atoms with E-state index in [-0.39, 0.29) is 6.79 Å². The first-order valence-electron chi connectivity index (χ1n) is 8.96. The zero-order valence-corrected chi connectivity index (χ0v) is 15.7. The van der Waals surface area contributed by atoms with Gasteiger partial charge in [-0.05, 0) is 36.8 Å². The fourth-order valence-electron chi connectivity index (χ4n) is 2.55. The summed E-state index contributed by atoms with van der Waals surface area (Å²) in [6.07, 6.45) is 0. The molecule has 0 bridgehead atoms. The lowest BCUT2D eigenvalue weighted by molar-refractivity contribution is 0.173. The van der Waals surface area contributed by atoms with Gasteiger partial charge >= 0.3 is 0 Å². The summed E-state index contributed by atoms with van der Waals surface area (Å²) < 4.78 is 21.6.